The predicted octanol–water partition coefficient (Wildman–Crippen LogP) is 1.60. The molecule has 4 nitrogen and oxygen atoms in total. The van der Waals surface area contributed by atoms with Crippen molar-refractivity contribution in [3.8, 4) is 0 Å². The van der Waals surface area contributed by atoms with Crippen LogP contribution in [-0.2, 0) is 11.3 Å². The Hall–Kier alpha value is -1.76. The van der Waals surface area contributed by atoms with Gasteiger partial charge in [0.2, 0.25) is 0 Å². The van der Waals surface area contributed by atoms with Crippen LogP contribution in [0.15, 0.2) is 18.2 Å². The Morgan fingerprint density at radius 2 is 2.12 bits per heavy atom. The van der Waals surface area contributed by atoms with Crippen molar-refractivity contribution in [3.63, 3.8) is 0 Å². The molecular formula is C10H9F3N2O2. The number of hydrogen-bond acceptors (Lipinski definition) is 3. The van der Waals surface area contributed by atoms with Gasteiger partial charge in [0.1, 0.15) is 6.73 Å². The number of anilines is 1. The van der Waals surface area contributed by atoms with E-state index in [1.54, 1.807) is 0 Å². The van der Waals surface area contributed by atoms with Gasteiger partial charge in [0.05, 0.1) is 17.9 Å². The van der Waals surface area contributed by atoms with Gasteiger partial charge >= 0.3 is 6.30 Å². The van der Waals surface area contributed by atoms with E-state index in [2.05, 4.69) is 0 Å². The fraction of sp³-hybridized carbons (Fsp3) is 0.300. The summed E-state index contributed by atoms with van der Waals surface area (Å²) in [5, 5.41) is 0. The first kappa shape index (κ1) is 11.7. The molecule has 0 aromatic heterocycles. The van der Waals surface area contributed by atoms with Crippen LogP contribution in [0.3, 0.4) is 0 Å². The van der Waals surface area contributed by atoms with Crippen molar-refractivity contribution in [3.05, 3.63) is 29.3 Å². The van der Waals surface area contributed by atoms with E-state index >= 15 is 0 Å². The summed E-state index contributed by atoms with van der Waals surface area (Å²) in [4.78, 5) is 11.2. The summed E-state index contributed by atoms with van der Waals surface area (Å²) < 4.78 is 43.1. The molecule has 1 aliphatic rings. The van der Waals surface area contributed by atoms with Crippen LogP contribution in [0, 0.1) is 0 Å². The summed E-state index contributed by atoms with van der Waals surface area (Å²) >= 11 is 0. The summed E-state index contributed by atoms with van der Waals surface area (Å²) in [5.41, 5.74) is 5.01. The fourth-order valence-electron chi connectivity index (χ4n) is 1.74. The minimum absolute atomic E-state index is 0.0308. The average Bonchev–Trinajstić information content (AvgIpc) is 2.26. The van der Waals surface area contributed by atoms with Gasteiger partial charge in [-0.25, -0.2) is 0 Å². The van der Waals surface area contributed by atoms with Gasteiger partial charge in [-0.3, -0.25) is 9.69 Å². The van der Waals surface area contributed by atoms with E-state index in [0.717, 1.165) is 0 Å². The third-order valence-electron chi connectivity index (χ3n) is 2.44. The number of hydrogen-bond donors (Lipinski definition) is 1. The van der Waals surface area contributed by atoms with Crippen molar-refractivity contribution < 1.29 is 22.7 Å². The van der Waals surface area contributed by atoms with Crippen molar-refractivity contribution in [1.29, 1.82) is 0 Å². The number of rotatable bonds is 1. The second-order valence-corrected chi connectivity index (χ2v) is 3.55. The van der Waals surface area contributed by atoms with Crippen molar-refractivity contribution in [2.75, 3.05) is 11.6 Å². The van der Waals surface area contributed by atoms with E-state index in [0.29, 0.717) is 5.56 Å². The van der Waals surface area contributed by atoms with E-state index in [1.165, 1.54) is 18.2 Å². The molecule has 1 aromatic carbocycles. The Balaban J connectivity index is 2.59. The number of nitrogens with zero attached hydrogens (tertiary/aromatic N) is 1. The smallest absolute Gasteiger partial charge is 0.366 e. The van der Waals surface area contributed by atoms with Crippen LogP contribution in [0.5, 0.6) is 0 Å². The molecule has 7 heteroatoms. The highest BCUT2D eigenvalue weighted by molar-refractivity contribution is 5.99. The zero-order valence-electron chi connectivity index (χ0n) is 8.62. The first-order chi connectivity index (χ1) is 7.91. The van der Waals surface area contributed by atoms with Crippen LogP contribution in [0.2, 0.25) is 0 Å². The molecule has 0 saturated heterocycles. The maximum absolute atomic E-state index is 12.8. The number of benzene rings is 1. The summed E-state index contributed by atoms with van der Waals surface area (Å²) in [6.07, 6.45) is -4.61. The summed E-state index contributed by atoms with van der Waals surface area (Å²) in [6, 6.07) is 4.22. The van der Waals surface area contributed by atoms with E-state index in [-0.39, 0.29) is 22.8 Å². The normalized spacial score (nSPS) is 15.6. The highest BCUT2D eigenvalue weighted by atomic mass is 19.4. The maximum Gasteiger partial charge on any atom is 0.486 e. The first-order valence-corrected chi connectivity index (χ1v) is 4.75. The Morgan fingerprint density at radius 3 is 2.71 bits per heavy atom. The molecule has 0 atom stereocenters. The lowest BCUT2D eigenvalue weighted by molar-refractivity contribution is -0.145. The number of alkyl halides is 3. The Bertz CT molecular complexity index is 459. The van der Waals surface area contributed by atoms with Crippen molar-refractivity contribution in [2.45, 2.75) is 12.9 Å². The zero-order chi connectivity index (χ0) is 12.6. The van der Waals surface area contributed by atoms with Crippen LogP contribution < -0.4 is 10.6 Å². The van der Waals surface area contributed by atoms with Crippen molar-refractivity contribution >= 4 is 11.6 Å². The Kier molecular flexibility index (Phi) is 2.70. The Morgan fingerprint density at radius 1 is 1.41 bits per heavy atom. The topological polar surface area (TPSA) is 55.6 Å². The van der Waals surface area contributed by atoms with Crippen molar-refractivity contribution in [2.24, 2.45) is 5.73 Å². The number of halogens is 3. The lowest BCUT2D eigenvalue weighted by Gasteiger charge is -2.33. The number of nitrogens with two attached hydrogens (primary N) is 1. The summed E-state index contributed by atoms with van der Waals surface area (Å²) in [6.45, 7) is -0.607. The molecule has 2 N–H and O–H groups in total. The molecule has 1 aromatic rings. The third-order valence-corrected chi connectivity index (χ3v) is 2.44. The van der Waals surface area contributed by atoms with E-state index in [1.807, 2.05) is 0 Å². The number of para-hydroxylation sites is 1. The summed E-state index contributed by atoms with van der Waals surface area (Å²) in [5.74, 6) is -0.891. The molecule has 0 spiro atoms. The van der Waals surface area contributed by atoms with E-state index in [4.69, 9.17) is 10.5 Å². The molecule has 1 amide bonds. The minimum atomic E-state index is -4.61. The molecule has 0 saturated carbocycles. The van der Waals surface area contributed by atoms with Gasteiger partial charge in [0.25, 0.3) is 5.91 Å². The van der Waals surface area contributed by atoms with Gasteiger partial charge in [-0.1, -0.05) is 12.1 Å². The molecule has 17 heavy (non-hydrogen) atoms. The zero-order valence-corrected chi connectivity index (χ0v) is 8.62. The average molecular weight is 246 g/mol. The van der Waals surface area contributed by atoms with Crippen molar-refractivity contribution in [1.82, 2.24) is 0 Å². The highest BCUT2D eigenvalue weighted by Gasteiger charge is 2.41. The van der Waals surface area contributed by atoms with Crippen LogP contribution in [0.1, 0.15) is 15.9 Å². The second-order valence-electron chi connectivity index (χ2n) is 3.55. The first-order valence-electron chi connectivity index (χ1n) is 4.75. The van der Waals surface area contributed by atoms with Gasteiger partial charge in [-0.2, -0.15) is 0 Å². The lowest BCUT2D eigenvalue weighted by atomic mass is 10.1. The van der Waals surface area contributed by atoms with E-state index < -0.39 is 18.9 Å². The van der Waals surface area contributed by atoms with Gasteiger partial charge in [-0.05, 0) is 6.07 Å². The molecule has 1 aliphatic heterocycles. The van der Waals surface area contributed by atoms with Crippen LogP contribution in [0.4, 0.5) is 18.9 Å². The van der Waals surface area contributed by atoms with Crippen LogP contribution >= 0.6 is 0 Å². The fourth-order valence-corrected chi connectivity index (χ4v) is 1.74. The molecule has 0 aliphatic carbocycles. The highest BCUT2D eigenvalue weighted by Crippen LogP contribution is 2.36. The number of amides is 1. The second kappa shape index (κ2) is 3.92. The minimum Gasteiger partial charge on any atom is -0.366 e. The SMILES string of the molecule is NC(=O)c1cccc2c1N(C(F)(F)F)COC2. The Labute approximate surface area is 94.8 Å². The summed E-state index contributed by atoms with van der Waals surface area (Å²) in [7, 11) is 0. The number of carbonyl (C=O) groups excluding carboxylic acids is 1. The molecule has 92 valence electrons. The third kappa shape index (κ3) is 2.05. The maximum atomic E-state index is 12.8. The standard InChI is InChI=1S/C10H9F3N2O2/c11-10(12,13)15-5-17-4-6-2-1-3-7(8(6)15)9(14)16/h1-3H,4-5H2,(H2,14,16). The molecule has 0 radical (unpaired) electrons. The van der Waals surface area contributed by atoms with Crippen LogP contribution in [-0.4, -0.2) is 18.9 Å². The van der Waals surface area contributed by atoms with Gasteiger partial charge in [0.15, 0.2) is 0 Å². The largest absolute Gasteiger partial charge is 0.486 e. The molecule has 1 heterocycles. The van der Waals surface area contributed by atoms with Gasteiger partial charge < -0.3 is 10.5 Å². The predicted molar refractivity (Wildman–Crippen MR) is 53.1 cm³/mol. The number of carbonyl (C=O) groups is 1. The molecular weight excluding hydrogens is 237 g/mol. The van der Waals surface area contributed by atoms with Crippen LogP contribution in [0.25, 0.3) is 0 Å². The number of ether oxygens (including phenoxy) is 1. The molecule has 2 rings (SSSR count). The monoisotopic (exact) mass is 246 g/mol. The molecule has 0 bridgehead atoms. The number of fused-ring (bicyclic) bond motifs is 1. The van der Waals surface area contributed by atoms with Gasteiger partial charge in [0, 0.05) is 5.56 Å². The van der Waals surface area contributed by atoms with E-state index in [9.17, 15) is 18.0 Å². The quantitative estimate of drug-likeness (QED) is 0.766. The molecule has 0 fully saturated rings. The molecule has 0 unspecified atom stereocenters. The van der Waals surface area contributed by atoms with Gasteiger partial charge in [-0.15, -0.1) is 13.2 Å². The number of primary amides is 1. The lowest BCUT2D eigenvalue weighted by Crippen LogP contribution is -2.43.